The number of benzene rings is 5. The monoisotopic (exact) mass is 889 g/mol. The van der Waals surface area contributed by atoms with Crippen LogP contribution in [0.4, 0.5) is 87.8 Å². The zero-order valence-corrected chi connectivity index (χ0v) is 28.7. The molecule has 1 heterocycles. The Bertz CT molecular complexity index is 2240. The van der Waals surface area contributed by atoms with Crippen molar-refractivity contribution in [2.24, 2.45) is 0 Å². The second kappa shape index (κ2) is 16.1. The van der Waals surface area contributed by atoms with Gasteiger partial charge in [0.15, 0.2) is 76.4 Å². The van der Waals surface area contributed by atoms with Crippen LogP contribution in [0.3, 0.4) is 0 Å². The average molecular weight is 890 g/mol. The van der Waals surface area contributed by atoms with Gasteiger partial charge in [0.2, 0.25) is 5.51 Å². The van der Waals surface area contributed by atoms with Crippen LogP contribution in [-0.2, 0) is 6.54 Å². The lowest BCUT2D eigenvalue weighted by molar-refractivity contribution is -0.681. The number of rotatable bonds is 6. The molecule has 6 aromatic rings. The van der Waals surface area contributed by atoms with E-state index in [4.69, 9.17) is 11.6 Å². The SMILES string of the molecule is Clc1csc[n+]1Cc1ccccc1.Fc1c(F)c(F)c([B-](c2c(F)c(F)c(F)c(F)c2F)(c2c(F)c(F)c(F)c(F)c2F)c2c(F)c(F)c(F)c(F)c2F)c(F)c1F. The minimum atomic E-state index is -7.22. The lowest BCUT2D eigenvalue weighted by Gasteiger charge is -2.44. The highest BCUT2D eigenvalue weighted by molar-refractivity contribution is 7.20. The maximum Gasteiger partial charge on any atom is 0.286 e. The first-order chi connectivity index (χ1) is 27.1. The number of hydrogen-bond donors (Lipinski definition) is 0. The first-order valence-corrected chi connectivity index (χ1v) is 16.3. The summed E-state index contributed by atoms with van der Waals surface area (Å²) in [7, 11) is 0. The van der Waals surface area contributed by atoms with E-state index in [1.807, 2.05) is 33.7 Å². The number of nitrogens with zero attached hydrogens (tertiary/aromatic N) is 1. The second-order valence-corrected chi connectivity index (χ2v) is 12.7. The van der Waals surface area contributed by atoms with E-state index in [2.05, 4.69) is 12.1 Å². The molecule has 5 aromatic carbocycles. The normalized spacial score (nSPS) is 11.6. The van der Waals surface area contributed by atoms with Crippen molar-refractivity contribution in [2.45, 2.75) is 6.54 Å². The fourth-order valence-electron chi connectivity index (χ4n) is 6.05. The third-order valence-electron chi connectivity index (χ3n) is 8.53. The summed E-state index contributed by atoms with van der Waals surface area (Å²) >= 11 is 7.58. The molecule has 0 unspecified atom stereocenters. The van der Waals surface area contributed by atoms with Gasteiger partial charge in [-0.05, 0) is 11.6 Å². The maximum atomic E-state index is 15.4. The Hall–Kier alpha value is -5.32. The van der Waals surface area contributed by atoms with Crippen LogP contribution in [-0.4, -0.2) is 6.15 Å². The molecular formula is C34H9BClF20NS. The summed E-state index contributed by atoms with van der Waals surface area (Å²) in [4.78, 5) is 0. The summed E-state index contributed by atoms with van der Waals surface area (Å²) in [6, 6.07) is 10.3. The van der Waals surface area contributed by atoms with Gasteiger partial charge in [0, 0.05) is 5.56 Å². The Labute approximate surface area is 317 Å². The van der Waals surface area contributed by atoms with Crippen LogP contribution in [0.2, 0.25) is 5.15 Å². The van der Waals surface area contributed by atoms with Crippen molar-refractivity contribution < 1.29 is 92.4 Å². The topological polar surface area (TPSA) is 3.88 Å². The summed E-state index contributed by atoms with van der Waals surface area (Å²) in [5.41, 5.74) is -11.0. The summed E-state index contributed by atoms with van der Waals surface area (Å²) in [6.07, 6.45) is -7.22. The molecule has 0 spiro atoms. The number of hydrogen-bond acceptors (Lipinski definition) is 1. The molecule has 0 radical (unpaired) electrons. The van der Waals surface area contributed by atoms with E-state index >= 15 is 35.1 Å². The van der Waals surface area contributed by atoms with Gasteiger partial charge < -0.3 is 0 Å². The fourth-order valence-corrected chi connectivity index (χ4v) is 7.01. The molecule has 0 amide bonds. The first-order valence-electron chi connectivity index (χ1n) is 14.9. The van der Waals surface area contributed by atoms with Crippen LogP contribution < -0.4 is 26.4 Å². The molecular weight excluding hydrogens is 881 g/mol. The number of aromatic nitrogens is 1. The van der Waals surface area contributed by atoms with Crippen LogP contribution in [0.25, 0.3) is 0 Å². The number of halogens is 21. The van der Waals surface area contributed by atoms with Crippen molar-refractivity contribution in [3.05, 3.63) is 168 Å². The molecule has 1 nitrogen and oxygen atoms in total. The molecule has 0 aliphatic rings. The maximum absolute atomic E-state index is 15.4. The molecule has 58 heavy (non-hydrogen) atoms. The van der Waals surface area contributed by atoms with Crippen LogP contribution in [0.5, 0.6) is 0 Å². The molecule has 0 saturated heterocycles. The third-order valence-corrected chi connectivity index (χ3v) is 9.72. The molecule has 0 N–H and O–H groups in total. The quantitative estimate of drug-likeness (QED) is 0.0520. The van der Waals surface area contributed by atoms with Crippen molar-refractivity contribution in [1.29, 1.82) is 0 Å². The largest absolute Gasteiger partial charge is 0.286 e. The van der Waals surface area contributed by atoms with Gasteiger partial charge >= 0.3 is 0 Å². The van der Waals surface area contributed by atoms with E-state index in [0.717, 1.165) is 11.7 Å². The van der Waals surface area contributed by atoms with Crippen LogP contribution in [0.1, 0.15) is 5.56 Å². The van der Waals surface area contributed by atoms with Gasteiger partial charge in [-0.2, -0.15) is 4.57 Å². The molecule has 0 atom stereocenters. The summed E-state index contributed by atoms with van der Waals surface area (Å²) in [5, 5.41) is 2.73. The highest BCUT2D eigenvalue weighted by Crippen LogP contribution is 2.30. The highest BCUT2D eigenvalue weighted by Gasteiger charge is 2.52. The van der Waals surface area contributed by atoms with Crippen molar-refractivity contribution in [2.75, 3.05) is 0 Å². The smallest absolute Gasteiger partial charge is 0.207 e. The molecule has 0 fully saturated rings. The Balaban J connectivity index is 0.000000414. The van der Waals surface area contributed by atoms with Crippen molar-refractivity contribution in [3.63, 3.8) is 0 Å². The van der Waals surface area contributed by atoms with Crippen molar-refractivity contribution in [1.82, 2.24) is 0 Å². The minimum Gasteiger partial charge on any atom is -0.207 e. The highest BCUT2D eigenvalue weighted by atomic mass is 35.5. The zero-order valence-electron chi connectivity index (χ0n) is 27.1. The lowest BCUT2D eigenvalue weighted by Crippen LogP contribution is -2.81. The minimum absolute atomic E-state index is 0.800. The van der Waals surface area contributed by atoms with E-state index in [-0.39, 0.29) is 0 Å². The van der Waals surface area contributed by atoms with Gasteiger partial charge in [0.1, 0.15) is 52.7 Å². The Morgan fingerprint density at radius 3 is 0.845 bits per heavy atom. The van der Waals surface area contributed by atoms with E-state index in [1.54, 1.807) is 11.3 Å². The van der Waals surface area contributed by atoms with Gasteiger partial charge in [0.25, 0.3) is 5.15 Å². The fraction of sp³-hybridized carbons (Fsp3) is 0.0294. The standard InChI is InChI=1S/C24BF20.C10H9ClNS/c26-5-1(6(27)14(35)21(42)13(5)34)25(2-7(28)15(36)22(43)16(37)8(2)29,3-9(30)17(38)23(44)18(39)10(3)31)4-11(32)19(40)24(45)20(41)12(4)33;11-10-7-13-8-12(10)6-9-4-2-1-3-5-9/h;1-5,7-8H,6H2/q-1;+1. The molecule has 1 aromatic heterocycles. The third kappa shape index (κ3) is 6.70. The summed E-state index contributed by atoms with van der Waals surface area (Å²) < 4.78 is 296. The molecule has 306 valence electrons. The molecule has 6 rings (SSSR count). The molecule has 0 aliphatic carbocycles. The van der Waals surface area contributed by atoms with Crippen LogP contribution >= 0.6 is 22.9 Å². The average Bonchev–Trinajstić information content (AvgIpc) is 3.61. The van der Waals surface area contributed by atoms with Crippen molar-refractivity contribution >= 4 is 50.9 Å². The van der Waals surface area contributed by atoms with Crippen LogP contribution in [0.15, 0.2) is 41.2 Å². The Morgan fingerprint density at radius 1 is 0.379 bits per heavy atom. The number of thiazole rings is 1. The second-order valence-electron chi connectivity index (χ2n) is 11.6. The van der Waals surface area contributed by atoms with Gasteiger partial charge in [-0.25, -0.2) is 87.8 Å². The molecule has 0 aliphatic heterocycles. The first kappa shape index (κ1) is 43.8. The van der Waals surface area contributed by atoms with E-state index in [9.17, 15) is 52.7 Å². The van der Waals surface area contributed by atoms with E-state index in [0.29, 0.717) is 0 Å². The van der Waals surface area contributed by atoms with Crippen molar-refractivity contribution in [3.8, 4) is 0 Å². The predicted molar refractivity (Wildman–Crippen MR) is 164 cm³/mol. The molecule has 0 saturated carbocycles. The Kier molecular flexibility index (Phi) is 12.2. The summed E-state index contributed by atoms with van der Waals surface area (Å²) in [6.45, 7) is 0.850. The predicted octanol–water partition coefficient (Wildman–Crippen LogP) is 8.58. The molecule has 0 bridgehead atoms. The zero-order chi connectivity index (χ0) is 43.5. The van der Waals surface area contributed by atoms with Gasteiger partial charge in [0.05, 0.1) is 5.38 Å². The van der Waals surface area contributed by atoms with E-state index < -0.39 is 144 Å². The van der Waals surface area contributed by atoms with Gasteiger partial charge in [-0.3, -0.25) is 0 Å². The van der Waals surface area contributed by atoms with Crippen LogP contribution in [0, 0.1) is 116 Å². The molecule has 24 heteroatoms. The summed E-state index contributed by atoms with van der Waals surface area (Å²) in [5.74, 6) is -71.4. The van der Waals surface area contributed by atoms with E-state index in [1.165, 1.54) is 5.56 Å². The Morgan fingerprint density at radius 2 is 0.621 bits per heavy atom. The van der Waals surface area contributed by atoms with Gasteiger partial charge in [-0.1, -0.05) is 41.7 Å². The van der Waals surface area contributed by atoms with Gasteiger partial charge in [-0.15, -0.1) is 21.9 Å². The lowest BCUT2D eigenvalue weighted by atomic mass is 9.12.